The summed E-state index contributed by atoms with van der Waals surface area (Å²) in [4.78, 5) is 0. The van der Waals surface area contributed by atoms with E-state index < -0.39 is 0 Å². The molecule has 1 heterocycles. The fraction of sp³-hybridized carbons (Fsp3) is 0.222. The Morgan fingerprint density at radius 1 is 1.08 bits per heavy atom. The summed E-state index contributed by atoms with van der Waals surface area (Å²) in [5.41, 5.74) is 1.24. The summed E-state index contributed by atoms with van der Waals surface area (Å²) >= 11 is 5.11. The topological polar surface area (TPSA) is 39.9 Å². The van der Waals surface area contributed by atoms with E-state index in [9.17, 15) is 0 Å². The third-order valence-electron chi connectivity index (χ3n) is 3.46. The standard InChI is InChI=1S/C18H18BrN3OS/c1-14-20-21-18(22(14)13-15-6-3-2-4-7-15)24-11-10-23-17-9-5-8-16(19)12-17/h2-9,12H,10-11,13H2,1H3. The Labute approximate surface area is 154 Å². The molecule has 0 N–H and O–H groups in total. The molecule has 2 aromatic carbocycles. The number of thioether (sulfide) groups is 1. The van der Waals surface area contributed by atoms with Gasteiger partial charge in [0.15, 0.2) is 5.16 Å². The van der Waals surface area contributed by atoms with Gasteiger partial charge in [0.2, 0.25) is 0 Å². The van der Waals surface area contributed by atoms with E-state index in [1.54, 1.807) is 11.8 Å². The second kappa shape index (κ2) is 8.35. The summed E-state index contributed by atoms with van der Waals surface area (Å²) in [6.07, 6.45) is 0. The number of nitrogens with zero attached hydrogens (tertiary/aromatic N) is 3. The Bertz CT molecular complexity index is 792. The number of halogens is 1. The summed E-state index contributed by atoms with van der Waals surface area (Å²) in [7, 11) is 0. The Morgan fingerprint density at radius 2 is 1.92 bits per heavy atom. The minimum Gasteiger partial charge on any atom is -0.493 e. The minimum atomic E-state index is 0.623. The van der Waals surface area contributed by atoms with Gasteiger partial charge < -0.3 is 9.30 Å². The molecule has 0 aliphatic carbocycles. The highest BCUT2D eigenvalue weighted by Gasteiger charge is 2.10. The van der Waals surface area contributed by atoms with Gasteiger partial charge in [-0.2, -0.15) is 0 Å². The smallest absolute Gasteiger partial charge is 0.191 e. The van der Waals surface area contributed by atoms with E-state index in [4.69, 9.17) is 4.74 Å². The van der Waals surface area contributed by atoms with E-state index in [2.05, 4.69) is 42.8 Å². The molecule has 124 valence electrons. The Hall–Kier alpha value is -1.79. The number of benzene rings is 2. The number of hydrogen-bond donors (Lipinski definition) is 0. The molecular formula is C18H18BrN3OS. The van der Waals surface area contributed by atoms with Crippen LogP contribution < -0.4 is 4.74 Å². The summed E-state index contributed by atoms with van der Waals surface area (Å²) in [6.45, 7) is 3.39. The molecule has 0 saturated carbocycles. The largest absolute Gasteiger partial charge is 0.493 e. The molecule has 0 bridgehead atoms. The minimum absolute atomic E-state index is 0.623. The highest BCUT2D eigenvalue weighted by molar-refractivity contribution is 9.10. The van der Waals surface area contributed by atoms with Gasteiger partial charge in [0.25, 0.3) is 0 Å². The van der Waals surface area contributed by atoms with Gasteiger partial charge in [-0.25, -0.2) is 0 Å². The molecule has 0 unspecified atom stereocenters. The fourth-order valence-electron chi connectivity index (χ4n) is 2.27. The van der Waals surface area contributed by atoms with E-state index in [0.29, 0.717) is 6.61 Å². The van der Waals surface area contributed by atoms with E-state index in [1.807, 2.05) is 49.4 Å². The molecule has 4 nitrogen and oxygen atoms in total. The molecule has 0 radical (unpaired) electrons. The van der Waals surface area contributed by atoms with E-state index >= 15 is 0 Å². The van der Waals surface area contributed by atoms with E-state index in [0.717, 1.165) is 33.5 Å². The molecule has 3 rings (SSSR count). The molecule has 24 heavy (non-hydrogen) atoms. The quantitative estimate of drug-likeness (QED) is 0.427. The Kier molecular flexibility index (Phi) is 5.93. The number of rotatable bonds is 7. The summed E-state index contributed by atoms with van der Waals surface area (Å²) in [5, 5.41) is 9.41. The lowest BCUT2D eigenvalue weighted by Crippen LogP contribution is -2.06. The van der Waals surface area contributed by atoms with Crippen LogP contribution in [0, 0.1) is 6.92 Å². The highest BCUT2D eigenvalue weighted by Crippen LogP contribution is 2.20. The van der Waals surface area contributed by atoms with Crippen LogP contribution >= 0.6 is 27.7 Å². The summed E-state index contributed by atoms with van der Waals surface area (Å²) in [5.74, 6) is 2.61. The van der Waals surface area contributed by atoms with Crippen molar-refractivity contribution in [2.45, 2.75) is 18.6 Å². The molecule has 0 saturated heterocycles. The normalized spacial score (nSPS) is 10.8. The summed E-state index contributed by atoms with van der Waals surface area (Å²) in [6, 6.07) is 18.2. The van der Waals surface area contributed by atoms with Gasteiger partial charge in [-0.15, -0.1) is 10.2 Å². The van der Waals surface area contributed by atoms with Crippen molar-refractivity contribution in [1.29, 1.82) is 0 Å². The average Bonchev–Trinajstić information content (AvgIpc) is 2.93. The van der Waals surface area contributed by atoms with Crippen LogP contribution in [0.2, 0.25) is 0 Å². The van der Waals surface area contributed by atoms with Gasteiger partial charge in [0.05, 0.1) is 13.2 Å². The molecule has 1 aromatic heterocycles. The molecule has 0 amide bonds. The SMILES string of the molecule is Cc1nnc(SCCOc2cccc(Br)c2)n1Cc1ccccc1. The number of hydrogen-bond acceptors (Lipinski definition) is 4. The Morgan fingerprint density at radius 3 is 2.71 bits per heavy atom. The first kappa shape index (κ1) is 17.0. The van der Waals surface area contributed by atoms with Crippen molar-refractivity contribution in [2.75, 3.05) is 12.4 Å². The first-order valence-corrected chi connectivity index (χ1v) is 9.45. The molecule has 0 atom stereocenters. The molecular weight excluding hydrogens is 386 g/mol. The van der Waals surface area contributed by atoms with Gasteiger partial charge in [0, 0.05) is 10.2 Å². The van der Waals surface area contributed by atoms with Crippen LogP contribution in [0.15, 0.2) is 64.2 Å². The lowest BCUT2D eigenvalue weighted by atomic mass is 10.2. The zero-order valence-electron chi connectivity index (χ0n) is 13.4. The first-order valence-electron chi connectivity index (χ1n) is 7.67. The van der Waals surface area contributed by atoms with Crippen LogP contribution in [-0.4, -0.2) is 27.1 Å². The van der Waals surface area contributed by atoms with Crippen LogP contribution in [0.3, 0.4) is 0 Å². The Balaban J connectivity index is 1.56. The van der Waals surface area contributed by atoms with Crippen molar-refractivity contribution in [3.8, 4) is 5.75 Å². The third kappa shape index (κ3) is 4.61. The fourth-order valence-corrected chi connectivity index (χ4v) is 3.44. The molecule has 6 heteroatoms. The van der Waals surface area contributed by atoms with Crippen molar-refractivity contribution >= 4 is 27.7 Å². The monoisotopic (exact) mass is 403 g/mol. The van der Waals surface area contributed by atoms with Crippen LogP contribution in [0.5, 0.6) is 5.75 Å². The highest BCUT2D eigenvalue weighted by atomic mass is 79.9. The van der Waals surface area contributed by atoms with E-state index in [1.165, 1.54) is 5.56 Å². The number of aromatic nitrogens is 3. The second-order valence-corrected chi connectivity index (χ2v) is 7.23. The lowest BCUT2D eigenvalue weighted by Gasteiger charge is -2.09. The zero-order valence-corrected chi connectivity index (χ0v) is 15.8. The molecule has 0 fully saturated rings. The van der Waals surface area contributed by atoms with Crippen LogP contribution in [0.25, 0.3) is 0 Å². The van der Waals surface area contributed by atoms with Crippen molar-refractivity contribution in [2.24, 2.45) is 0 Å². The van der Waals surface area contributed by atoms with Crippen LogP contribution in [0.4, 0.5) is 0 Å². The predicted molar refractivity (Wildman–Crippen MR) is 101 cm³/mol. The maximum absolute atomic E-state index is 5.77. The first-order chi connectivity index (χ1) is 11.7. The van der Waals surface area contributed by atoms with Gasteiger partial charge in [-0.05, 0) is 30.7 Å². The second-order valence-electron chi connectivity index (χ2n) is 5.26. The zero-order chi connectivity index (χ0) is 16.8. The van der Waals surface area contributed by atoms with E-state index in [-0.39, 0.29) is 0 Å². The number of aryl methyl sites for hydroxylation is 1. The van der Waals surface area contributed by atoms with Crippen molar-refractivity contribution in [1.82, 2.24) is 14.8 Å². The third-order valence-corrected chi connectivity index (χ3v) is 4.89. The van der Waals surface area contributed by atoms with Crippen molar-refractivity contribution < 1.29 is 4.74 Å². The molecule has 0 spiro atoms. The maximum Gasteiger partial charge on any atom is 0.191 e. The average molecular weight is 404 g/mol. The van der Waals surface area contributed by atoms with Crippen molar-refractivity contribution in [3.05, 3.63) is 70.5 Å². The van der Waals surface area contributed by atoms with Gasteiger partial charge in [-0.1, -0.05) is 64.1 Å². The lowest BCUT2D eigenvalue weighted by molar-refractivity contribution is 0.343. The molecule has 3 aromatic rings. The molecule has 0 aliphatic heterocycles. The number of ether oxygens (including phenoxy) is 1. The molecule has 0 aliphatic rings. The van der Waals surface area contributed by atoms with Crippen LogP contribution in [0.1, 0.15) is 11.4 Å². The van der Waals surface area contributed by atoms with Crippen LogP contribution in [-0.2, 0) is 6.54 Å². The van der Waals surface area contributed by atoms with Gasteiger partial charge in [-0.3, -0.25) is 0 Å². The van der Waals surface area contributed by atoms with Gasteiger partial charge in [0.1, 0.15) is 11.6 Å². The van der Waals surface area contributed by atoms with Crippen molar-refractivity contribution in [3.63, 3.8) is 0 Å². The predicted octanol–water partition coefficient (Wildman–Crippen LogP) is 4.57. The summed E-state index contributed by atoms with van der Waals surface area (Å²) < 4.78 is 8.92. The van der Waals surface area contributed by atoms with Gasteiger partial charge >= 0.3 is 0 Å². The maximum atomic E-state index is 5.77.